The molecule has 2 fully saturated rings. The number of rotatable bonds is 4. The number of carbonyl (C=O) groups is 3. The van der Waals surface area contributed by atoms with Crippen LogP contribution in [-0.2, 0) is 9.53 Å². The average Bonchev–Trinajstić information content (AvgIpc) is 3.09. The Labute approximate surface area is 168 Å². The Morgan fingerprint density at radius 1 is 1.07 bits per heavy atom. The van der Waals surface area contributed by atoms with Crippen molar-refractivity contribution in [3.63, 3.8) is 0 Å². The van der Waals surface area contributed by atoms with Crippen molar-refractivity contribution in [2.45, 2.75) is 45.8 Å². The van der Waals surface area contributed by atoms with Crippen LogP contribution >= 0.6 is 0 Å². The van der Waals surface area contributed by atoms with Crippen LogP contribution in [-0.4, -0.2) is 46.9 Å². The maximum absolute atomic E-state index is 14.0. The fourth-order valence-corrected chi connectivity index (χ4v) is 3.85. The second-order valence-corrected chi connectivity index (χ2v) is 9.28. The molecule has 1 heterocycles. The SMILES string of the molecule is CC(C)(C)OC(=O)N1C[C@@H]2[C@H](C1)[C@H]2C(=O)NC(C)(C)C(=O)c1cccc(F)c1F. The Morgan fingerprint density at radius 2 is 1.66 bits per heavy atom. The van der Waals surface area contributed by atoms with Crippen LogP contribution in [0, 0.1) is 29.4 Å². The van der Waals surface area contributed by atoms with Crippen LogP contribution in [0.25, 0.3) is 0 Å². The van der Waals surface area contributed by atoms with E-state index in [9.17, 15) is 23.2 Å². The van der Waals surface area contributed by atoms with Gasteiger partial charge in [-0.25, -0.2) is 13.6 Å². The number of likely N-dealkylation sites (tertiary alicyclic amines) is 1. The van der Waals surface area contributed by atoms with Crippen LogP contribution in [0.1, 0.15) is 45.0 Å². The van der Waals surface area contributed by atoms with Gasteiger partial charge in [-0.1, -0.05) is 6.07 Å². The number of nitrogens with one attached hydrogen (secondary N) is 1. The lowest BCUT2D eigenvalue weighted by Crippen LogP contribution is -2.51. The van der Waals surface area contributed by atoms with Crippen molar-refractivity contribution in [3.8, 4) is 0 Å². The molecular weight excluding hydrogens is 382 g/mol. The molecule has 6 nitrogen and oxygen atoms in total. The second-order valence-electron chi connectivity index (χ2n) is 9.28. The summed E-state index contributed by atoms with van der Waals surface area (Å²) in [7, 11) is 0. The number of nitrogens with zero attached hydrogens (tertiary/aromatic N) is 1. The van der Waals surface area contributed by atoms with Crippen LogP contribution in [0.3, 0.4) is 0 Å². The summed E-state index contributed by atoms with van der Waals surface area (Å²) in [6.07, 6.45) is -0.402. The summed E-state index contributed by atoms with van der Waals surface area (Å²) in [5.41, 5.74) is -2.38. The minimum Gasteiger partial charge on any atom is -0.444 e. The first-order chi connectivity index (χ1) is 13.3. The van der Waals surface area contributed by atoms with E-state index in [1.165, 1.54) is 26.0 Å². The lowest BCUT2D eigenvalue weighted by Gasteiger charge is -2.27. The number of hydrogen-bond acceptors (Lipinski definition) is 4. The van der Waals surface area contributed by atoms with Gasteiger partial charge in [0.25, 0.3) is 0 Å². The van der Waals surface area contributed by atoms with E-state index in [-0.39, 0.29) is 23.7 Å². The molecule has 1 saturated carbocycles. The number of Topliss-reactive ketones (excluding diaryl/α,β-unsaturated/α-hetero) is 1. The van der Waals surface area contributed by atoms with Gasteiger partial charge in [0, 0.05) is 19.0 Å². The van der Waals surface area contributed by atoms with Crippen molar-refractivity contribution in [3.05, 3.63) is 35.4 Å². The summed E-state index contributed by atoms with van der Waals surface area (Å²) < 4.78 is 32.7. The monoisotopic (exact) mass is 408 g/mol. The second kappa shape index (κ2) is 7.07. The number of carbonyl (C=O) groups excluding carboxylic acids is 3. The lowest BCUT2D eigenvalue weighted by molar-refractivity contribution is -0.124. The van der Waals surface area contributed by atoms with E-state index in [1.54, 1.807) is 25.7 Å². The normalized spacial score (nSPS) is 23.4. The van der Waals surface area contributed by atoms with E-state index in [0.717, 1.165) is 6.07 Å². The third-order valence-corrected chi connectivity index (χ3v) is 5.35. The Kier molecular flexibility index (Phi) is 5.17. The van der Waals surface area contributed by atoms with Gasteiger partial charge in [0.05, 0.1) is 11.1 Å². The van der Waals surface area contributed by atoms with Gasteiger partial charge in [0.2, 0.25) is 5.91 Å². The maximum atomic E-state index is 14.0. The highest BCUT2D eigenvalue weighted by Gasteiger charge is 2.61. The van der Waals surface area contributed by atoms with Gasteiger partial charge in [-0.15, -0.1) is 0 Å². The van der Waals surface area contributed by atoms with Gasteiger partial charge in [-0.05, 0) is 58.6 Å². The fourth-order valence-electron chi connectivity index (χ4n) is 3.85. The van der Waals surface area contributed by atoms with Crippen molar-refractivity contribution in [1.29, 1.82) is 0 Å². The first-order valence-corrected chi connectivity index (χ1v) is 9.60. The van der Waals surface area contributed by atoms with Gasteiger partial charge in [-0.3, -0.25) is 9.59 Å². The predicted octanol–water partition coefficient (Wildman–Crippen LogP) is 3.16. The molecule has 2 aliphatic rings. The number of amides is 2. The molecule has 0 spiro atoms. The van der Waals surface area contributed by atoms with Crippen LogP contribution in [0.15, 0.2) is 18.2 Å². The van der Waals surface area contributed by atoms with E-state index >= 15 is 0 Å². The standard InChI is InChI=1S/C21H26F2N2O4/c1-20(2,3)29-19(28)25-9-12-13(10-25)15(12)18(27)24-21(4,5)17(26)11-7-6-8-14(22)16(11)23/h6-8,12-13,15H,9-10H2,1-5H3,(H,24,27)/t12-,13+,15+. The number of ether oxygens (including phenoxy) is 1. The van der Waals surface area contributed by atoms with Gasteiger partial charge >= 0.3 is 6.09 Å². The molecule has 1 aliphatic heterocycles. The van der Waals surface area contributed by atoms with Crippen molar-refractivity contribution >= 4 is 17.8 Å². The van der Waals surface area contributed by atoms with Crippen molar-refractivity contribution in [1.82, 2.24) is 10.2 Å². The van der Waals surface area contributed by atoms with Gasteiger partial charge < -0.3 is 15.0 Å². The van der Waals surface area contributed by atoms with Crippen LogP contribution < -0.4 is 5.32 Å². The summed E-state index contributed by atoms with van der Waals surface area (Å²) in [6, 6.07) is 3.37. The van der Waals surface area contributed by atoms with E-state index in [0.29, 0.717) is 13.1 Å². The van der Waals surface area contributed by atoms with Crippen LogP contribution in [0.4, 0.5) is 13.6 Å². The summed E-state index contributed by atoms with van der Waals surface area (Å²) in [5.74, 6) is -3.65. The fraction of sp³-hybridized carbons (Fsp3) is 0.571. The highest BCUT2D eigenvalue weighted by atomic mass is 19.2. The number of benzene rings is 1. The minimum absolute atomic E-state index is 0.0133. The first kappa shape index (κ1) is 21.2. The molecule has 1 N–H and O–H groups in total. The summed E-state index contributed by atoms with van der Waals surface area (Å²) in [4.78, 5) is 39.0. The predicted molar refractivity (Wildman–Crippen MR) is 101 cm³/mol. The number of halogens is 2. The van der Waals surface area contributed by atoms with Crippen molar-refractivity contribution in [2.24, 2.45) is 17.8 Å². The Morgan fingerprint density at radius 3 is 2.21 bits per heavy atom. The molecule has 1 aromatic rings. The van der Waals surface area contributed by atoms with E-state index < -0.39 is 40.2 Å². The Balaban J connectivity index is 1.59. The van der Waals surface area contributed by atoms with Gasteiger partial charge in [0.15, 0.2) is 17.4 Å². The Hall–Kier alpha value is -2.51. The summed E-state index contributed by atoms with van der Waals surface area (Å²) in [6.45, 7) is 9.13. The largest absolute Gasteiger partial charge is 0.444 e. The van der Waals surface area contributed by atoms with Gasteiger partial charge in [0.1, 0.15) is 5.60 Å². The molecule has 0 bridgehead atoms. The number of piperidine rings is 1. The zero-order valence-corrected chi connectivity index (χ0v) is 17.2. The van der Waals surface area contributed by atoms with E-state index in [4.69, 9.17) is 4.74 Å². The third kappa shape index (κ3) is 4.26. The smallest absolute Gasteiger partial charge is 0.410 e. The lowest BCUT2D eigenvalue weighted by atomic mass is 9.92. The minimum atomic E-state index is -1.40. The molecule has 29 heavy (non-hydrogen) atoms. The van der Waals surface area contributed by atoms with Gasteiger partial charge in [-0.2, -0.15) is 0 Å². The molecule has 2 amide bonds. The molecule has 0 unspecified atom stereocenters. The quantitative estimate of drug-likeness (QED) is 0.777. The molecule has 0 radical (unpaired) electrons. The van der Waals surface area contributed by atoms with E-state index in [1.807, 2.05) is 0 Å². The first-order valence-electron chi connectivity index (χ1n) is 9.60. The Bertz CT molecular complexity index is 851. The average molecular weight is 408 g/mol. The molecule has 1 aromatic carbocycles. The topological polar surface area (TPSA) is 75.7 Å². The number of hydrogen-bond donors (Lipinski definition) is 1. The summed E-state index contributed by atoms with van der Waals surface area (Å²) in [5, 5.41) is 2.66. The molecule has 158 valence electrons. The third-order valence-electron chi connectivity index (χ3n) is 5.35. The van der Waals surface area contributed by atoms with Crippen LogP contribution in [0.5, 0.6) is 0 Å². The zero-order valence-electron chi connectivity index (χ0n) is 17.2. The molecule has 3 rings (SSSR count). The zero-order chi connectivity index (χ0) is 21.7. The summed E-state index contributed by atoms with van der Waals surface area (Å²) >= 11 is 0. The molecule has 8 heteroatoms. The van der Waals surface area contributed by atoms with Crippen molar-refractivity contribution in [2.75, 3.05) is 13.1 Å². The highest BCUT2D eigenvalue weighted by molar-refractivity contribution is 6.05. The maximum Gasteiger partial charge on any atom is 0.410 e. The molecule has 3 atom stereocenters. The van der Waals surface area contributed by atoms with Crippen LogP contribution in [0.2, 0.25) is 0 Å². The molecule has 1 aliphatic carbocycles. The molecular formula is C21H26F2N2O4. The molecule has 0 aromatic heterocycles. The number of fused-ring (bicyclic) bond motifs is 1. The highest BCUT2D eigenvalue weighted by Crippen LogP contribution is 2.52. The number of ketones is 1. The molecule has 1 saturated heterocycles. The van der Waals surface area contributed by atoms with Crippen molar-refractivity contribution < 1.29 is 27.9 Å². The van der Waals surface area contributed by atoms with E-state index in [2.05, 4.69) is 5.32 Å².